The summed E-state index contributed by atoms with van der Waals surface area (Å²) in [6, 6.07) is 9.81. The van der Waals surface area contributed by atoms with Gasteiger partial charge in [-0.3, -0.25) is 4.79 Å². The van der Waals surface area contributed by atoms with Crippen LogP contribution in [-0.2, 0) is 20.9 Å². The maximum Gasteiger partial charge on any atom is 0.307 e. The van der Waals surface area contributed by atoms with Crippen LogP contribution in [0.3, 0.4) is 0 Å². The van der Waals surface area contributed by atoms with Gasteiger partial charge in [0.1, 0.15) is 0 Å². The quantitative estimate of drug-likeness (QED) is 0.539. The van der Waals surface area contributed by atoms with E-state index in [0.717, 1.165) is 5.56 Å². The van der Waals surface area contributed by atoms with Gasteiger partial charge in [-0.25, -0.2) is 0 Å². The van der Waals surface area contributed by atoms with E-state index < -0.39 is 18.2 Å². The Balaban J connectivity index is 2.33. The lowest BCUT2D eigenvalue weighted by Crippen LogP contribution is -2.27. The molecule has 0 aliphatic heterocycles. The molecule has 0 spiro atoms. The van der Waals surface area contributed by atoms with Crippen molar-refractivity contribution in [2.45, 2.75) is 46.0 Å². The van der Waals surface area contributed by atoms with E-state index in [1.165, 1.54) is 13.2 Å². The lowest BCUT2D eigenvalue weighted by molar-refractivity contribution is -0.135. The molecule has 0 fully saturated rings. The van der Waals surface area contributed by atoms with Crippen LogP contribution < -0.4 is 0 Å². The van der Waals surface area contributed by atoms with Crippen LogP contribution in [0.2, 0.25) is 0 Å². The van der Waals surface area contributed by atoms with Gasteiger partial charge < -0.3 is 19.7 Å². The molecule has 0 radical (unpaired) electrons. The second kappa shape index (κ2) is 10.2. The molecule has 1 aromatic rings. The maximum absolute atomic E-state index is 10.7. The Morgan fingerprint density at radius 3 is 2.48 bits per heavy atom. The van der Waals surface area contributed by atoms with Crippen LogP contribution in [0.4, 0.5) is 0 Å². The van der Waals surface area contributed by atoms with Crippen molar-refractivity contribution in [1.29, 1.82) is 0 Å². The maximum atomic E-state index is 10.7. The number of carbonyl (C=O) groups excluding carboxylic acids is 1. The summed E-state index contributed by atoms with van der Waals surface area (Å²) < 4.78 is 10.3. The second-order valence-electron chi connectivity index (χ2n) is 5.77. The van der Waals surface area contributed by atoms with Gasteiger partial charge in [0.15, 0.2) is 0 Å². The summed E-state index contributed by atoms with van der Waals surface area (Å²) in [6.45, 7) is 5.70. The third-order valence-electron chi connectivity index (χ3n) is 3.55. The first-order valence-electron chi connectivity index (χ1n) is 7.71. The van der Waals surface area contributed by atoms with Crippen LogP contribution in [-0.4, -0.2) is 35.0 Å². The summed E-state index contributed by atoms with van der Waals surface area (Å²) in [5, 5.41) is 20.1. The minimum absolute atomic E-state index is 0.116. The summed E-state index contributed by atoms with van der Waals surface area (Å²) in [5.74, 6) is -0.560. The highest BCUT2D eigenvalue weighted by atomic mass is 16.5. The zero-order valence-corrected chi connectivity index (χ0v) is 13.9. The molecule has 0 bridgehead atoms. The molecule has 2 N–H and O–H groups in total. The molecule has 0 aromatic heterocycles. The summed E-state index contributed by atoms with van der Waals surface area (Å²) in [6.07, 6.45) is -0.183. The SMILES string of the molecule is CC(=O)O/C=C(\C)[C@@H](O)C[C@H](O)[C@H](C)COCc1ccccc1. The minimum Gasteiger partial charge on any atom is -0.435 e. The zero-order valence-electron chi connectivity index (χ0n) is 13.9. The number of rotatable bonds is 9. The number of esters is 1. The number of carbonyl (C=O) groups is 1. The van der Waals surface area contributed by atoms with Gasteiger partial charge >= 0.3 is 5.97 Å². The lowest BCUT2D eigenvalue weighted by Gasteiger charge is -2.22. The first-order valence-corrected chi connectivity index (χ1v) is 7.71. The average molecular weight is 322 g/mol. The van der Waals surface area contributed by atoms with E-state index in [4.69, 9.17) is 9.47 Å². The van der Waals surface area contributed by atoms with Gasteiger partial charge in [-0.1, -0.05) is 37.3 Å². The number of benzene rings is 1. The predicted octanol–water partition coefficient (Wildman–Crippen LogP) is 2.42. The largest absolute Gasteiger partial charge is 0.435 e. The normalized spacial score (nSPS) is 15.8. The Morgan fingerprint density at radius 2 is 1.87 bits per heavy atom. The molecule has 1 rings (SSSR count). The molecule has 5 nitrogen and oxygen atoms in total. The fourth-order valence-electron chi connectivity index (χ4n) is 1.95. The molecule has 0 amide bonds. The van der Waals surface area contributed by atoms with Crippen LogP contribution >= 0.6 is 0 Å². The molecule has 0 saturated carbocycles. The standard InChI is InChI=1S/C18H26O5/c1-13(10-22-12-16-7-5-4-6-8-16)17(20)9-18(21)14(2)11-23-15(3)19/h4-8,11,13,17-18,20-21H,9-10,12H2,1-3H3/b14-11+/t13-,17+,18+/m1/s1. The van der Waals surface area contributed by atoms with E-state index in [0.29, 0.717) is 18.8 Å². The van der Waals surface area contributed by atoms with Crippen LogP contribution in [0.1, 0.15) is 32.8 Å². The van der Waals surface area contributed by atoms with Gasteiger partial charge in [0.25, 0.3) is 0 Å². The Morgan fingerprint density at radius 1 is 1.22 bits per heavy atom. The fraction of sp³-hybridized carbons (Fsp3) is 0.500. The molecule has 0 saturated heterocycles. The third-order valence-corrected chi connectivity index (χ3v) is 3.55. The Labute approximate surface area is 137 Å². The molecule has 5 heteroatoms. The highest BCUT2D eigenvalue weighted by Gasteiger charge is 2.20. The molecule has 0 heterocycles. The molecule has 0 aliphatic carbocycles. The Kier molecular flexibility index (Phi) is 8.55. The topological polar surface area (TPSA) is 76.0 Å². The molecule has 3 atom stereocenters. The smallest absolute Gasteiger partial charge is 0.307 e. The molecule has 0 unspecified atom stereocenters. The van der Waals surface area contributed by atoms with Crippen LogP contribution in [0, 0.1) is 5.92 Å². The number of aliphatic hydroxyl groups is 2. The van der Waals surface area contributed by atoms with E-state index in [-0.39, 0.29) is 12.3 Å². The van der Waals surface area contributed by atoms with Gasteiger partial charge in [-0.15, -0.1) is 0 Å². The lowest BCUT2D eigenvalue weighted by atomic mass is 9.97. The molecular formula is C18H26O5. The van der Waals surface area contributed by atoms with Crippen molar-refractivity contribution in [2.75, 3.05) is 6.61 Å². The predicted molar refractivity (Wildman–Crippen MR) is 87.4 cm³/mol. The summed E-state index contributed by atoms with van der Waals surface area (Å²) in [4.78, 5) is 10.7. The number of hydrogen-bond donors (Lipinski definition) is 2. The first-order chi connectivity index (χ1) is 10.9. The van der Waals surface area contributed by atoms with Crippen LogP contribution in [0.15, 0.2) is 42.2 Å². The summed E-state index contributed by atoms with van der Waals surface area (Å²) in [5.41, 5.74) is 1.58. The van der Waals surface area contributed by atoms with Crippen LogP contribution in [0.25, 0.3) is 0 Å². The van der Waals surface area contributed by atoms with Crippen molar-refractivity contribution in [3.63, 3.8) is 0 Å². The number of hydrogen-bond acceptors (Lipinski definition) is 5. The van der Waals surface area contributed by atoms with Gasteiger partial charge in [0, 0.05) is 19.3 Å². The van der Waals surface area contributed by atoms with E-state index in [2.05, 4.69) is 0 Å². The third kappa shape index (κ3) is 7.93. The van der Waals surface area contributed by atoms with Crippen molar-refractivity contribution in [2.24, 2.45) is 5.92 Å². The van der Waals surface area contributed by atoms with Gasteiger partial charge in [0.05, 0.1) is 31.7 Å². The fourth-order valence-corrected chi connectivity index (χ4v) is 1.95. The van der Waals surface area contributed by atoms with Crippen molar-refractivity contribution in [3.05, 3.63) is 47.7 Å². The minimum atomic E-state index is -0.860. The van der Waals surface area contributed by atoms with E-state index in [9.17, 15) is 15.0 Å². The monoisotopic (exact) mass is 322 g/mol. The Hall–Kier alpha value is -1.69. The molecular weight excluding hydrogens is 296 g/mol. The average Bonchev–Trinajstić information content (AvgIpc) is 2.53. The zero-order chi connectivity index (χ0) is 17.2. The summed E-state index contributed by atoms with van der Waals surface area (Å²) in [7, 11) is 0. The highest BCUT2D eigenvalue weighted by Crippen LogP contribution is 2.15. The van der Waals surface area contributed by atoms with Gasteiger partial charge in [-0.2, -0.15) is 0 Å². The highest BCUT2D eigenvalue weighted by molar-refractivity contribution is 5.66. The second-order valence-corrected chi connectivity index (χ2v) is 5.77. The van der Waals surface area contributed by atoms with Gasteiger partial charge in [-0.05, 0) is 18.1 Å². The van der Waals surface area contributed by atoms with E-state index in [1.54, 1.807) is 6.92 Å². The van der Waals surface area contributed by atoms with E-state index >= 15 is 0 Å². The first kappa shape index (κ1) is 19.4. The number of ether oxygens (including phenoxy) is 2. The van der Waals surface area contributed by atoms with Gasteiger partial charge in [0.2, 0.25) is 0 Å². The van der Waals surface area contributed by atoms with Crippen molar-refractivity contribution < 1.29 is 24.5 Å². The molecule has 23 heavy (non-hydrogen) atoms. The Bertz CT molecular complexity index is 497. The number of aliphatic hydroxyl groups excluding tert-OH is 2. The molecule has 128 valence electrons. The molecule has 0 aliphatic rings. The van der Waals surface area contributed by atoms with Crippen molar-refractivity contribution in [3.8, 4) is 0 Å². The van der Waals surface area contributed by atoms with Crippen molar-refractivity contribution >= 4 is 5.97 Å². The van der Waals surface area contributed by atoms with E-state index in [1.807, 2.05) is 37.3 Å². The molecule has 1 aromatic carbocycles. The summed E-state index contributed by atoms with van der Waals surface area (Å²) >= 11 is 0. The van der Waals surface area contributed by atoms with Crippen molar-refractivity contribution in [1.82, 2.24) is 0 Å². The van der Waals surface area contributed by atoms with Crippen LogP contribution in [0.5, 0.6) is 0 Å².